The van der Waals surface area contributed by atoms with Crippen LogP contribution in [0.1, 0.15) is 78.7 Å². The molecule has 1 N–H and O–H groups in total. The second-order valence-electron chi connectivity index (χ2n) is 7.29. The summed E-state index contributed by atoms with van der Waals surface area (Å²) in [5.41, 5.74) is 4.97. The molecule has 4 rings (SSSR count). The molecule has 2 aromatic rings. The highest BCUT2D eigenvalue weighted by molar-refractivity contribution is 5.99. The Morgan fingerprint density at radius 1 is 1.12 bits per heavy atom. The quantitative estimate of drug-likeness (QED) is 0.861. The van der Waals surface area contributed by atoms with Crippen LogP contribution in [-0.2, 0) is 12.8 Å². The summed E-state index contributed by atoms with van der Waals surface area (Å²) in [7, 11) is 0. The molecule has 1 fully saturated rings. The van der Waals surface area contributed by atoms with Gasteiger partial charge in [0.2, 0.25) is 0 Å². The van der Waals surface area contributed by atoms with Crippen LogP contribution >= 0.6 is 0 Å². The molecule has 128 valence electrons. The number of nitrogens with zero attached hydrogens (tertiary/aromatic N) is 3. The Labute approximate surface area is 142 Å². The van der Waals surface area contributed by atoms with E-state index in [9.17, 15) is 4.79 Å². The molecule has 0 aliphatic heterocycles. The summed E-state index contributed by atoms with van der Waals surface area (Å²) in [5.74, 6) is -0.0143. The summed E-state index contributed by atoms with van der Waals surface area (Å²) < 4.78 is 1.85. The van der Waals surface area contributed by atoms with Crippen molar-refractivity contribution in [3.05, 3.63) is 28.7 Å². The first kappa shape index (κ1) is 15.6. The normalized spacial score (nSPS) is 19.0. The number of carbonyl (C=O) groups excluding carboxylic acids is 1. The maximum absolute atomic E-state index is 12.8. The minimum atomic E-state index is -0.0143. The fourth-order valence-electron chi connectivity index (χ4n) is 4.20. The summed E-state index contributed by atoms with van der Waals surface area (Å²) in [4.78, 5) is 17.6. The van der Waals surface area contributed by atoms with Gasteiger partial charge in [-0.25, -0.2) is 9.50 Å². The van der Waals surface area contributed by atoms with Gasteiger partial charge in [0, 0.05) is 17.4 Å². The highest BCUT2D eigenvalue weighted by Gasteiger charge is 2.23. The van der Waals surface area contributed by atoms with Crippen LogP contribution in [0.5, 0.6) is 0 Å². The van der Waals surface area contributed by atoms with E-state index in [4.69, 9.17) is 4.98 Å². The molecular weight excluding hydrogens is 300 g/mol. The second kappa shape index (κ2) is 6.54. The molecule has 2 aromatic heterocycles. The van der Waals surface area contributed by atoms with E-state index in [0.29, 0.717) is 11.6 Å². The van der Waals surface area contributed by atoms with Gasteiger partial charge >= 0.3 is 0 Å². The Hall–Kier alpha value is -1.91. The van der Waals surface area contributed by atoms with Crippen molar-refractivity contribution in [1.82, 2.24) is 19.9 Å². The third kappa shape index (κ3) is 2.80. The first-order valence-corrected chi connectivity index (χ1v) is 9.41. The van der Waals surface area contributed by atoms with E-state index in [-0.39, 0.29) is 5.91 Å². The van der Waals surface area contributed by atoms with Gasteiger partial charge < -0.3 is 5.32 Å². The predicted octanol–water partition coefficient (Wildman–Crippen LogP) is 3.37. The molecule has 2 aliphatic rings. The van der Waals surface area contributed by atoms with E-state index in [1.807, 2.05) is 4.52 Å². The largest absolute Gasteiger partial charge is 0.349 e. The number of hydrogen-bond donors (Lipinski definition) is 1. The molecule has 2 heterocycles. The minimum Gasteiger partial charge on any atom is -0.349 e. The van der Waals surface area contributed by atoms with Crippen LogP contribution in [0.2, 0.25) is 0 Å². The summed E-state index contributed by atoms with van der Waals surface area (Å²) >= 11 is 0. The fourth-order valence-corrected chi connectivity index (χ4v) is 4.20. The molecule has 1 amide bonds. The van der Waals surface area contributed by atoms with Gasteiger partial charge in [0.25, 0.3) is 5.91 Å². The molecule has 0 spiro atoms. The van der Waals surface area contributed by atoms with Crippen molar-refractivity contribution in [3.63, 3.8) is 0 Å². The molecule has 0 bridgehead atoms. The lowest BCUT2D eigenvalue weighted by Crippen LogP contribution is -2.34. The van der Waals surface area contributed by atoms with Crippen LogP contribution in [0.15, 0.2) is 6.20 Å². The highest BCUT2D eigenvalue weighted by atomic mass is 16.1. The maximum Gasteiger partial charge on any atom is 0.256 e. The molecule has 0 aromatic carbocycles. The van der Waals surface area contributed by atoms with Gasteiger partial charge in [-0.15, -0.1) is 0 Å². The summed E-state index contributed by atoms with van der Waals surface area (Å²) in [6.45, 7) is 2.10. The molecule has 0 saturated heterocycles. The summed E-state index contributed by atoms with van der Waals surface area (Å²) in [6.07, 6.45) is 13.4. The smallest absolute Gasteiger partial charge is 0.256 e. The van der Waals surface area contributed by atoms with Gasteiger partial charge in [-0.3, -0.25) is 4.79 Å². The standard InChI is InChI=1S/C19H26N4O/c1-13-15-10-6-7-11-17(15)22-18-16(12-20-23(13)18)19(24)21-14-8-4-2-3-5-9-14/h12,14H,2-11H2,1H3,(H,21,24). The SMILES string of the molecule is Cc1c2c(nc3c(C(=O)NC4CCCCCC4)cnn13)CCCC2. The van der Waals surface area contributed by atoms with Gasteiger partial charge in [0.1, 0.15) is 5.56 Å². The van der Waals surface area contributed by atoms with Crippen molar-refractivity contribution in [3.8, 4) is 0 Å². The van der Waals surface area contributed by atoms with Crippen molar-refractivity contribution in [2.75, 3.05) is 0 Å². The summed E-state index contributed by atoms with van der Waals surface area (Å²) in [5, 5.41) is 7.67. The molecule has 0 unspecified atom stereocenters. The van der Waals surface area contributed by atoms with Gasteiger partial charge in [-0.2, -0.15) is 5.10 Å². The Morgan fingerprint density at radius 3 is 2.67 bits per heavy atom. The van der Waals surface area contributed by atoms with E-state index >= 15 is 0 Å². The first-order chi connectivity index (χ1) is 11.7. The number of rotatable bonds is 2. The minimum absolute atomic E-state index is 0.0143. The van der Waals surface area contributed by atoms with E-state index in [1.54, 1.807) is 6.20 Å². The zero-order valence-corrected chi connectivity index (χ0v) is 14.5. The number of fused-ring (bicyclic) bond motifs is 2. The molecule has 0 radical (unpaired) electrons. The lowest BCUT2D eigenvalue weighted by molar-refractivity contribution is 0.0935. The number of aryl methyl sites for hydroxylation is 2. The molecule has 24 heavy (non-hydrogen) atoms. The van der Waals surface area contributed by atoms with E-state index in [0.717, 1.165) is 42.7 Å². The van der Waals surface area contributed by atoms with Gasteiger partial charge in [-0.1, -0.05) is 25.7 Å². The van der Waals surface area contributed by atoms with Crippen molar-refractivity contribution < 1.29 is 4.79 Å². The Bertz CT molecular complexity index is 756. The lowest BCUT2D eigenvalue weighted by atomic mass is 9.95. The zero-order chi connectivity index (χ0) is 16.5. The fraction of sp³-hybridized carbons (Fsp3) is 0.632. The van der Waals surface area contributed by atoms with Crippen molar-refractivity contribution in [2.45, 2.75) is 77.2 Å². The molecule has 5 nitrogen and oxygen atoms in total. The van der Waals surface area contributed by atoms with Crippen LogP contribution in [0, 0.1) is 6.92 Å². The molecule has 1 saturated carbocycles. The van der Waals surface area contributed by atoms with Crippen molar-refractivity contribution in [2.24, 2.45) is 0 Å². The van der Waals surface area contributed by atoms with Crippen LogP contribution in [0.25, 0.3) is 5.65 Å². The molecule has 0 atom stereocenters. The summed E-state index contributed by atoms with van der Waals surface area (Å²) in [6, 6.07) is 0.300. The van der Waals surface area contributed by atoms with Crippen LogP contribution in [-0.4, -0.2) is 26.5 Å². The Balaban J connectivity index is 1.64. The molecule has 2 aliphatic carbocycles. The average molecular weight is 326 g/mol. The lowest BCUT2D eigenvalue weighted by Gasteiger charge is -2.18. The van der Waals surface area contributed by atoms with Crippen molar-refractivity contribution in [1.29, 1.82) is 0 Å². The topological polar surface area (TPSA) is 59.3 Å². The van der Waals surface area contributed by atoms with Gasteiger partial charge in [-0.05, 0) is 51.0 Å². The first-order valence-electron chi connectivity index (χ1n) is 9.41. The van der Waals surface area contributed by atoms with Gasteiger partial charge in [0.05, 0.1) is 6.20 Å². The number of aromatic nitrogens is 3. The molecule has 5 heteroatoms. The van der Waals surface area contributed by atoms with E-state index in [1.165, 1.54) is 44.1 Å². The predicted molar refractivity (Wildman–Crippen MR) is 93.3 cm³/mol. The highest BCUT2D eigenvalue weighted by Crippen LogP contribution is 2.25. The van der Waals surface area contributed by atoms with E-state index < -0.39 is 0 Å². The maximum atomic E-state index is 12.8. The number of amides is 1. The van der Waals surface area contributed by atoms with Crippen LogP contribution in [0.3, 0.4) is 0 Å². The average Bonchev–Trinajstić information content (AvgIpc) is 2.85. The zero-order valence-electron chi connectivity index (χ0n) is 14.5. The Kier molecular flexibility index (Phi) is 4.25. The van der Waals surface area contributed by atoms with Gasteiger partial charge in [0.15, 0.2) is 5.65 Å². The Morgan fingerprint density at radius 2 is 1.88 bits per heavy atom. The monoisotopic (exact) mass is 326 g/mol. The van der Waals surface area contributed by atoms with Crippen molar-refractivity contribution >= 4 is 11.6 Å². The second-order valence-corrected chi connectivity index (χ2v) is 7.29. The number of carbonyl (C=O) groups is 1. The third-order valence-electron chi connectivity index (χ3n) is 5.61. The van der Waals surface area contributed by atoms with Crippen LogP contribution < -0.4 is 5.32 Å². The third-order valence-corrected chi connectivity index (χ3v) is 5.61. The number of nitrogens with one attached hydrogen (secondary N) is 1. The van der Waals surface area contributed by atoms with Crippen LogP contribution in [0.4, 0.5) is 0 Å². The molecular formula is C19H26N4O. The number of hydrogen-bond acceptors (Lipinski definition) is 3. The van der Waals surface area contributed by atoms with E-state index in [2.05, 4.69) is 17.3 Å².